The van der Waals surface area contributed by atoms with Gasteiger partial charge in [-0.05, 0) is 61.4 Å². The molecular weight excluding hydrogens is 382 g/mol. The number of ether oxygens (including phenoxy) is 1. The molecule has 0 spiro atoms. The van der Waals surface area contributed by atoms with Gasteiger partial charge in [0.05, 0.1) is 13.2 Å². The molecular formula is C27H43N3O. The number of hydrogen-bond donors (Lipinski definition) is 0. The molecule has 0 atom stereocenters. The van der Waals surface area contributed by atoms with Crippen LogP contribution in [0, 0.1) is 5.41 Å². The second kappa shape index (κ2) is 10.4. The molecule has 0 saturated carbocycles. The quantitative estimate of drug-likeness (QED) is 0.580. The SMILES string of the molecule is CCCN1CCN(c2ccc(N3CCOCC3)cc2C2=CCC(CC)(CC)CC2)CC1. The van der Waals surface area contributed by atoms with Gasteiger partial charge in [-0.15, -0.1) is 0 Å². The molecule has 4 heteroatoms. The van der Waals surface area contributed by atoms with Gasteiger partial charge >= 0.3 is 0 Å². The molecule has 0 amide bonds. The summed E-state index contributed by atoms with van der Waals surface area (Å²) in [4.78, 5) is 7.77. The second-order valence-corrected chi connectivity index (χ2v) is 9.77. The third-order valence-corrected chi connectivity index (χ3v) is 8.16. The van der Waals surface area contributed by atoms with Crippen molar-refractivity contribution in [3.05, 3.63) is 29.8 Å². The maximum absolute atomic E-state index is 5.60. The molecule has 4 nitrogen and oxygen atoms in total. The molecule has 0 N–H and O–H groups in total. The molecule has 1 aliphatic carbocycles. The minimum absolute atomic E-state index is 0.525. The van der Waals surface area contributed by atoms with Crippen LogP contribution in [0.5, 0.6) is 0 Å². The van der Waals surface area contributed by atoms with E-state index in [1.165, 1.54) is 75.1 Å². The first-order valence-corrected chi connectivity index (χ1v) is 12.8. The molecule has 0 bridgehead atoms. The van der Waals surface area contributed by atoms with E-state index in [4.69, 9.17) is 4.74 Å². The number of hydrogen-bond acceptors (Lipinski definition) is 4. The van der Waals surface area contributed by atoms with Crippen LogP contribution in [0.25, 0.3) is 5.57 Å². The van der Waals surface area contributed by atoms with E-state index in [0.717, 1.165) is 39.4 Å². The maximum Gasteiger partial charge on any atom is 0.0642 e. The number of allylic oxidation sites excluding steroid dienone is 2. The van der Waals surface area contributed by atoms with Crippen molar-refractivity contribution < 1.29 is 4.74 Å². The zero-order chi connectivity index (χ0) is 21.7. The van der Waals surface area contributed by atoms with Crippen LogP contribution in [0.15, 0.2) is 24.3 Å². The number of anilines is 2. The van der Waals surface area contributed by atoms with Gasteiger partial charge in [0.15, 0.2) is 0 Å². The van der Waals surface area contributed by atoms with E-state index in [-0.39, 0.29) is 0 Å². The summed E-state index contributed by atoms with van der Waals surface area (Å²) >= 11 is 0. The van der Waals surface area contributed by atoms with E-state index >= 15 is 0 Å². The van der Waals surface area contributed by atoms with E-state index in [0.29, 0.717) is 5.41 Å². The Hall–Kier alpha value is -1.52. The monoisotopic (exact) mass is 425 g/mol. The average Bonchev–Trinajstić information content (AvgIpc) is 2.85. The summed E-state index contributed by atoms with van der Waals surface area (Å²) in [5, 5.41) is 0. The predicted molar refractivity (Wildman–Crippen MR) is 133 cm³/mol. The molecule has 0 radical (unpaired) electrons. The van der Waals surface area contributed by atoms with Crippen LogP contribution in [-0.2, 0) is 4.74 Å². The number of piperazine rings is 1. The van der Waals surface area contributed by atoms with Crippen molar-refractivity contribution in [2.24, 2.45) is 5.41 Å². The molecule has 2 saturated heterocycles. The number of rotatable bonds is 7. The first kappa shape index (κ1) is 22.7. The molecule has 0 unspecified atom stereocenters. The fourth-order valence-corrected chi connectivity index (χ4v) is 5.68. The standard InChI is InChI=1S/C27H43N3O/c1-4-13-28-14-16-30(17-15-28)26-8-7-24(29-18-20-31-21-19-29)22-25(26)23-9-11-27(5-2,6-3)12-10-23/h7-9,22H,4-6,10-21H2,1-3H3. The topological polar surface area (TPSA) is 19.0 Å². The predicted octanol–water partition coefficient (Wildman–Crippen LogP) is 5.43. The molecule has 4 rings (SSSR count). The zero-order valence-corrected chi connectivity index (χ0v) is 20.2. The van der Waals surface area contributed by atoms with Gasteiger partial charge in [0.25, 0.3) is 0 Å². The minimum Gasteiger partial charge on any atom is -0.378 e. The van der Waals surface area contributed by atoms with Crippen LogP contribution in [0.2, 0.25) is 0 Å². The molecule has 0 aromatic heterocycles. The van der Waals surface area contributed by atoms with Crippen molar-refractivity contribution in [1.82, 2.24) is 4.90 Å². The van der Waals surface area contributed by atoms with Gasteiger partial charge in [0.1, 0.15) is 0 Å². The first-order valence-electron chi connectivity index (χ1n) is 12.8. The van der Waals surface area contributed by atoms with Gasteiger partial charge < -0.3 is 14.5 Å². The number of benzene rings is 1. The minimum atomic E-state index is 0.525. The highest BCUT2D eigenvalue weighted by Gasteiger charge is 2.30. The Balaban J connectivity index is 1.61. The van der Waals surface area contributed by atoms with Gasteiger partial charge in [-0.2, -0.15) is 0 Å². The van der Waals surface area contributed by atoms with Gasteiger partial charge in [0.2, 0.25) is 0 Å². The lowest BCUT2D eigenvalue weighted by Gasteiger charge is -2.39. The summed E-state index contributed by atoms with van der Waals surface area (Å²) in [6.07, 6.45) is 10.2. The highest BCUT2D eigenvalue weighted by Crippen LogP contribution is 2.45. The van der Waals surface area contributed by atoms with Crippen molar-refractivity contribution >= 4 is 16.9 Å². The lowest BCUT2D eigenvalue weighted by Crippen LogP contribution is -2.46. The van der Waals surface area contributed by atoms with Gasteiger partial charge in [-0.25, -0.2) is 0 Å². The van der Waals surface area contributed by atoms with Crippen molar-refractivity contribution in [2.45, 2.75) is 59.3 Å². The Morgan fingerprint density at radius 2 is 1.65 bits per heavy atom. The Kier molecular flexibility index (Phi) is 7.60. The maximum atomic E-state index is 5.60. The van der Waals surface area contributed by atoms with Gasteiger partial charge in [-0.3, -0.25) is 4.90 Å². The highest BCUT2D eigenvalue weighted by molar-refractivity contribution is 5.80. The zero-order valence-electron chi connectivity index (χ0n) is 20.2. The Morgan fingerprint density at radius 3 is 2.26 bits per heavy atom. The molecule has 3 aliphatic rings. The largest absolute Gasteiger partial charge is 0.378 e. The van der Waals surface area contributed by atoms with Gasteiger partial charge in [0, 0.05) is 56.2 Å². The summed E-state index contributed by atoms with van der Waals surface area (Å²) in [7, 11) is 0. The lowest BCUT2D eigenvalue weighted by atomic mass is 9.70. The molecule has 31 heavy (non-hydrogen) atoms. The molecule has 172 valence electrons. The normalized spacial score (nSPS) is 22.5. The fraction of sp³-hybridized carbons (Fsp3) is 0.704. The summed E-state index contributed by atoms with van der Waals surface area (Å²) in [6.45, 7) is 16.6. The van der Waals surface area contributed by atoms with Crippen LogP contribution >= 0.6 is 0 Å². The second-order valence-electron chi connectivity index (χ2n) is 9.77. The van der Waals surface area contributed by atoms with Crippen LogP contribution < -0.4 is 9.80 Å². The number of nitrogens with zero attached hydrogens (tertiary/aromatic N) is 3. The smallest absolute Gasteiger partial charge is 0.0642 e. The van der Waals surface area contributed by atoms with Gasteiger partial charge in [-0.1, -0.05) is 39.7 Å². The van der Waals surface area contributed by atoms with Crippen molar-refractivity contribution in [3.8, 4) is 0 Å². The summed E-state index contributed by atoms with van der Waals surface area (Å²) < 4.78 is 5.60. The molecule has 1 aromatic rings. The molecule has 1 aromatic carbocycles. The van der Waals surface area contributed by atoms with E-state index in [1.54, 1.807) is 5.57 Å². The Morgan fingerprint density at radius 1 is 0.903 bits per heavy atom. The van der Waals surface area contributed by atoms with E-state index in [9.17, 15) is 0 Å². The van der Waals surface area contributed by atoms with Crippen molar-refractivity contribution in [1.29, 1.82) is 0 Å². The Labute approximate surface area is 190 Å². The van der Waals surface area contributed by atoms with Crippen LogP contribution in [-0.4, -0.2) is 63.9 Å². The van der Waals surface area contributed by atoms with Crippen LogP contribution in [0.1, 0.15) is 64.9 Å². The fourth-order valence-electron chi connectivity index (χ4n) is 5.68. The van der Waals surface area contributed by atoms with Crippen molar-refractivity contribution in [3.63, 3.8) is 0 Å². The van der Waals surface area contributed by atoms with E-state index < -0.39 is 0 Å². The number of morpholine rings is 1. The molecule has 2 fully saturated rings. The summed E-state index contributed by atoms with van der Waals surface area (Å²) in [6, 6.07) is 7.27. The average molecular weight is 426 g/mol. The third-order valence-electron chi connectivity index (χ3n) is 8.16. The van der Waals surface area contributed by atoms with E-state index in [2.05, 4.69) is 59.7 Å². The summed E-state index contributed by atoms with van der Waals surface area (Å²) in [5.74, 6) is 0. The van der Waals surface area contributed by atoms with Crippen LogP contribution in [0.4, 0.5) is 11.4 Å². The Bertz CT molecular complexity index is 741. The summed E-state index contributed by atoms with van der Waals surface area (Å²) in [5.41, 5.74) is 6.43. The third kappa shape index (κ3) is 5.12. The van der Waals surface area contributed by atoms with Crippen LogP contribution in [0.3, 0.4) is 0 Å². The first-order chi connectivity index (χ1) is 15.2. The lowest BCUT2D eigenvalue weighted by molar-refractivity contribution is 0.122. The molecule has 2 heterocycles. The van der Waals surface area contributed by atoms with E-state index in [1.807, 2.05) is 0 Å². The molecule has 2 aliphatic heterocycles. The van der Waals surface area contributed by atoms with Crippen molar-refractivity contribution in [2.75, 3.05) is 68.8 Å². The highest BCUT2D eigenvalue weighted by atomic mass is 16.5.